The van der Waals surface area contributed by atoms with E-state index in [1.165, 1.54) is 17.7 Å². The molecule has 2 aromatic rings. The molecule has 0 radical (unpaired) electrons. The zero-order valence-electron chi connectivity index (χ0n) is 14.7. The molecule has 0 saturated carbocycles. The molecule has 4 rings (SSSR count). The number of hydrogen-bond acceptors (Lipinski definition) is 3. The Kier molecular flexibility index (Phi) is 4.89. The van der Waals surface area contributed by atoms with E-state index in [0.29, 0.717) is 5.75 Å². The van der Waals surface area contributed by atoms with Crippen molar-refractivity contribution in [2.75, 3.05) is 18.4 Å². The second kappa shape index (κ2) is 7.46. The van der Waals surface area contributed by atoms with Gasteiger partial charge in [0.2, 0.25) is 5.91 Å². The summed E-state index contributed by atoms with van der Waals surface area (Å²) >= 11 is 0. The van der Waals surface area contributed by atoms with Crippen molar-refractivity contribution in [1.29, 1.82) is 0 Å². The molecular weight excluding hydrogens is 331 g/mol. The smallest absolute Gasteiger partial charge is 0.241 e. The van der Waals surface area contributed by atoms with Crippen LogP contribution in [0, 0.1) is 5.82 Å². The van der Waals surface area contributed by atoms with Gasteiger partial charge in [0.25, 0.3) is 0 Å². The lowest BCUT2D eigenvalue weighted by Gasteiger charge is -2.36. The van der Waals surface area contributed by atoms with Crippen LogP contribution in [0.4, 0.5) is 10.1 Å². The van der Waals surface area contributed by atoms with Crippen molar-refractivity contribution in [2.45, 2.75) is 37.8 Å². The third-order valence-corrected chi connectivity index (χ3v) is 5.30. The molecule has 1 fully saturated rings. The summed E-state index contributed by atoms with van der Waals surface area (Å²) in [4.78, 5) is 14.9. The number of aryl methyl sites for hydroxylation is 1. The molecule has 26 heavy (non-hydrogen) atoms. The zero-order valence-corrected chi connectivity index (χ0v) is 14.7. The summed E-state index contributed by atoms with van der Waals surface area (Å²) in [6, 6.07) is 14.1. The summed E-state index contributed by atoms with van der Waals surface area (Å²) in [6.07, 6.45) is 3.60. The minimum absolute atomic E-state index is 0.0887. The second-order valence-electron chi connectivity index (χ2n) is 7.01. The highest BCUT2D eigenvalue weighted by Crippen LogP contribution is 2.26. The average Bonchev–Trinajstić information content (AvgIpc) is 2.83. The molecule has 136 valence electrons. The summed E-state index contributed by atoms with van der Waals surface area (Å²) in [5.74, 6) is 0.535. The van der Waals surface area contributed by atoms with Gasteiger partial charge in [0.15, 0.2) is 0 Å². The largest absolute Gasteiger partial charge is 0.490 e. The molecular formula is C21H23FN2O2. The van der Waals surface area contributed by atoms with Gasteiger partial charge < -0.3 is 10.1 Å². The molecule has 2 aliphatic rings. The van der Waals surface area contributed by atoms with E-state index < -0.39 is 0 Å². The number of para-hydroxylation sites is 1. The third kappa shape index (κ3) is 3.73. The van der Waals surface area contributed by atoms with E-state index in [1.54, 1.807) is 12.1 Å². The van der Waals surface area contributed by atoms with Gasteiger partial charge in [-0.15, -0.1) is 0 Å². The minimum atomic E-state index is -0.257. The monoisotopic (exact) mass is 354 g/mol. The minimum Gasteiger partial charge on any atom is -0.490 e. The van der Waals surface area contributed by atoms with Crippen LogP contribution in [0.5, 0.6) is 5.75 Å². The van der Waals surface area contributed by atoms with Gasteiger partial charge >= 0.3 is 0 Å². The molecule has 1 saturated heterocycles. The zero-order chi connectivity index (χ0) is 17.9. The molecule has 0 bridgehead atoms. The van der Waals surface area contributed by atoms with Crippen LogP contribution in [0.15, 0.2) is 48.5 Å². The number of likely N-dealkylation sites (tertiary alicyclic amines) is 1. The Morgan fingerprint density at radius 3 is 2.50 bits per heavy atom. The van der Waals surface area contributed by atoms with E-state index >= 15 is 0 Å². The van der Waals surface area contributed by atoms with Gasteiger partial charge in [-0.25, -0.2) is 4.39 Å². The summed E-state index contributed by atoms with van der Waals surface area (Å²) < 4.78 is 18.9. The van der Waals surface area contributed by atoms with Gasteiger partial charge in [0.1, 0.15) is 17.7 Å². The summed E-state index contributed by atoms with van der Waals surface area (Å²) in [5.41, 5.74) is 2.15. The van der Waals surface area contributed by atoms with Crippen molar-refractivity contribution in [3.05, 3.63) is 59.9 Å². The summed E-state index contributed by atoms with van der Waals surface area (Å²) in [7, 11) is 0. The standard InChI is InChI=1S/C21H23FN2O2/c22-16-6-8-17(9-7-16)26-18-11-13-24(14-12-18)20-10-5-15-3-1-2-4-19(15)23-21(20)25/h1-4,6-9,18,20H,5,10-14H2,(H,23,25). The van der Waals surface area contributed by atoms with Gasteiger partial charge in [-0.3, -0.25) is 9.69 Å². The van der Waals surface area contributed by atoms with E-state index in [0.717, 1.165) is 44.5 Å². The molecule has 2 aliphatic heterocycles. The van der Waals surface area contributed by atoms with Crippen molar-refractivity contribution in [2.24, 2.45) is 0 Å². The molecule has 4 nitrogen and oxygen atoms in total. The predicted octanol–water partition coefficient (Wildman–Crippen LogP) is 3.62. The van der Waals surface area contributed by atoms with E-state index in [4.69, 9.17) is 4.74 Å². The van der Waals surface area contributed by atoms with E-state index in [1.807, 2.05) is 18.2 Å². The van der Waals surface area contributed by atoms with E-state index in [-0.39, 0.29) is 23.9 Å². The van der Waals surface area contributed by atoms with Crippen LogP contribution in [0.3, 0.4) is 0 Å². The Morgan fingerprint density at radius 2 is 1.73 bits per heavy atom. The maximum atomic E-state index is 13.0. The molecule has 1 amide bonds. The fourth-order valence-electron chi connectivity index (χ4n) is 3.86. The van der Waals surface area contributed by atoms with Gasteiger partial charge in [-0.05, 0) is 61.6 Å². The molecule has 0 aromatic heterocycles. The van der Waals surface area contributed by atoms with Crippen LogP contribution >= 0.6 is 0 Å². The fraction of sp³-hybridized carbons (Fsp3) is 0.381. The van der Waals surface area contributed by atoms with E-state index in [9.17, 15) is 9.18 Å². The van der Waals surface area contributed by atoms with Crippen molar-refractivity contribution >= 4 is 11.6 Å². The topological polar surface area (TPSA) is 41.6 Å². The number of carbonyl (C=O) groups is 1. The Hall–Kier alpha value is -2.40. The highest BCUT2D eigenvalue weighted by molar-refractivity contribution is 5.96. The molecule has 1 atom stereocenters. The number of hydrogen-bond donors (Lipinski definition) is 1. The SMILES string of the molecule is O=C1Nc2ccccc2CCC1N1CCC(Oc2ccc(F)cc2)CC1. The van der Waals surface area contributed by atoms with Crippen LogP contribution < -0.4 is 10.1 Å². The van der Waals surface area contributed by atoms with Gasteiger partial charge in [-0.1, -0.05) is 18.2 Å². The van der Waals surface area contributed by atoms with Crippen LogP contribution in [0.2, 0.25) is 0 Å². The van der Waals surface area contributed by atoms with E-state index in [2.05, 4.69) is 16.3 Å². The molecule has 1 unspecified atom stereocenters. The van der Waals surface area contributed by atoms with Crippen molar-refractivity contribution < 1.29 is 13.9 Å². The first-order valence-electron chi connectivity index (χ1n) is 9.24. The number of halogens is 1. The number of fused-ring (bicyclic) bond motifs is 1. The lowest BCUT2D eigenvalue weighted by atomic mass is 10.0. The van der Waals surface area contributed by atoms with Gasteiger partial charge in [0, 0.05) is 18.8 Å². The Morgan fingerprint density at radius 1 is 1.00 bits per heavy atom. The number of rotatable bonds is 3. The first kappa shape index (κ1) is 17.0. The summed E-state index contributed by atoms with van der Waals surface area (Å²) in [6.45, 7) is 1.67. The van der Waals surface area contributed by atoms with Crippen molar-refractivity contribution in [3.63, 3.8) is 0 Å². The van der Waals surface area contributed by atoms with Gasteiger partial charge in [-0.2, -0.15) is 0 Å². The maximum absolute atomic E-state index is 13.0. The molecule has 0 aliphatic carbocycles. The number of ether oxygens (including phenoxy) is 1. The molecule has 1 N–H and O–H groups in total. The fourth-order valence-corrected chi connectivity index (χ4v) is 3.86. The quantitative estimate of drug-likeness (QED) is 0.915. The normalized spacial score (nSPS) is 21.6. The van der Waals surface area contributed by atoms with Crippen LogP contribution in [0.25, 0.3) is 0 Å². The summed E-state index contributed by atoms with van der Waals surface area (Å²) in [5, 5.41) is 3.08. The van der Waals surface area contributed by atoms with Crippen LogP contribution in [-0.4, -0.2) is 36.0 Å². The molecule has 0 spiro atoms. The number of anilines is 1. The number of piperidine rings is 1. The third-order valence-electron chi connectivity index (χ3n) is 5.30. The number of nitrogens with one attached hydrogen (secondary N) is 1. The lowest BCUT2D eigenvalue weighted by molar-refractivity contribution is -0.122. The Balaban J connectivity index is 1.34. The predicted molar refractivity (Wildman–Crippen MR) is 98.8 cm³/mol. The number of benzene rings is 2. The van der Waals surface area contributed by atoms with Crippen molar-refractivity contribution in [3.8, 4) is 5.75 Å². The number of amides is 1. The highest BCUT2D eigenvalue weighted by atomic mass is 19.1. The second-order valence-corrected chi connectivity index (χ2v) is 7.01. The molecule has 5 heteroatoms. The highest BCUT2D eigenvalue weighted by Gasteiger charge is 2.32. The Bertz CT molecular complexity index is 770. The lowest BCUT2D eigenvalue weighted by Crippen LogP contribution is -2.49. The average molecular weight is 354 g/mol. The van der Waals surface area contributed by atoms with Crippen LogP contribution in [0.1, 0.15) is 24.8 Å². The Labute approximate surface area is 153 Å². The first-order chi connectivity index (χ1) is 12.7. The van der Waals surface area contributed by atoms with Crippen molar-refractivity contribution in [1.82, 2.24) is 4.90 Å². The number of carbonyl (C=O) groups excluding carboxylic acids is 1. The maximum Gasteiger partial charge on any atom is 0.241 e. The van der Waals surface area contributed by atoms with Crippen LogP contribution in [-0.2, 0) is 11.2 Å². The molecule has 2 aromatic carbocycles. The first-order valence-corrected chi connectivity index (χ1v) is 9.24. The number of nitrogens with zero attached hydrogens (tertiary/aromatic N) is 1. The molecule has 2 heterocycles. The van der Waals surface area contributed by atoms with Gasteiger partial charge in [0.05, 0.1) is 6.04 Å².